The molecule has 0 radical (unpaired) electrons. The Balaban J connectivity index is 2.33. The summed E-state index contributed by atoms with van der Waals surface area (Å²) < 4.78 is 5.64. The van der Waals surface area contributed by atoms with Gasteiger partial charge < -0.3 is 9.73 Å². The summed E-state index contributed by atoms with van der Waals surface area (Å²) in [6, 6.07) is 11.6. The van der Waals surface area contributed by atoms with Crippen molar-refractivity contribution in [3.63, 3.8) is 0 Å². The van der Waals surface area contributed by atoms with Gasteiger partial charge in [-0.2, -0.15) is 0 Å². The van der Waals surface area contributed by atoms with Crippen LogP contribution in [-0.4, -0.2) is 7.05 Å². The predicted octanol–water partition coefficient (Wildman–Crippen LogP) is 3.32. The molecule has 0 amide bonds. The Morgan fingerprint density at radius 3 is 2.73 bits per heavy atom. The number of hydrogen-bond acceptors (Lipinski definition) is 2. The summed E-state index contributed by atoms with van der Waals surface area (Å²) in [7, 11) is 1.89. The van der Waals surface area contributed by atoms with E-state index in [9.17, 15) is 0 Å². The minimum absolute atomic E-state index is 0.711. The van der Waals surface area contributed by atoms with Crippen LogP contribution in [0.2, 0.25) is 5.02 Å². The Hall–Kier alpha value is -1.25. The fraction of sp³-hybridized carbons (Fsp3) is 0.167. The minimum atomic E-state index is 0.711. The first kappa shape index (κ1) is 10.3. The first-order chi connectivity index (χ1) is 7.31. The van der Waals surface area contributed by atoms with E-state index in [1.807, 2.05) is 43.4 Å². The van der Waals surface area contributed by atoms with Crippen molar-refractivity contribution in [3.05, 3.63) is 47.2 Å². The zero-order valence-corrected chi connectivity index (χ0v) is 9.21. The quantitative estimate of drug-likeness (QED) is 0.860. The van der Waals surface area contributed by atoms with Gasteiger partial charge in [0, 0.05) is 5.56 Å². The van der Waals surface area contributed by atoms with E-state index in [4.69, 9.17) is 16.0 Å². The Morgan fingerprint density at radius 2 is 2.00 bits per heavy atom. The summed E-state index contributed by atoms with van der Waals surface area (Å²) in [4.78, 5) is 0. The van der Waals surface area contributed by atoms with Crippen LogP contribution in [0, 0.1) is 0 Å². The van der Waals surface area contributed by atoms with Crippen LogP contribution in [0.25, 0.3) is 11.3 Å². The lowest BCUT2D eigenvalue weighted by molar-refractivity contribution is 0.507. The molecule has 0 fully saturated rings. The van der Waals surface area contributed by atoms with Crippen molar-refractivity contribution in [1.82, 2.24) is 5.32 Å². The van der Waals surface area contributed by atoms with E-state index in [2.05, 4.69) is 5.32 Å². The molecule has 0 unspecified atom stereocenters. The summed E-state index contributed by atoms with van der Waals surface area (Å²) in [5.74, 6) is 1.72. The Bertz CT molecular complexity index is 450. The molecule has 1 aromatic heterocycles. The van der Waals surface area contributed by atoms with Crippen LogP contribution in [-0.2, 0) is 6.54 Å². The van der Waals surface area contributed by atoms with Crippen LogP contribution in [0.15, 0.2) is 40.8 Å². The van der Waals surface area contributed by atoms with E-state index in [1.165, 1.54) is 0 Å². The third-order valence-corrected chi connectivity index (χ3v) is 2.48. The molecule has 0 saturated carbocycles. The summed E-state index contributed by atoms with van der Waals surface area (Å²) in [6.07, 6.45) is 0. The number of benzene rings is 1. The van der Waals surface area contributed by atoms with E-state index >= 15 is 0 Å². The van der Waals surface area contributed by atoms with E-state index < -0.39 is 0 Å². The topological polar surface area (TPSA) is 25.2 Å². The van der Waals surface area contributed by atoms with Crippen LogP contribution < -0.4 is 5.32 Å². The number of halogens is 1. The van der Waals surface area contributed by atoms with Crippen LogP contribution in [0.4, 0.5) is 0 Å². The maximum absolute atomic E-state index is 6.07. The molecule has 0 aliphatic heterocycles. The van der Waals surface area contributed by atoms with E-state index in [1.54, 1.807) is 0 Å². The van der Waals surface area contributed by atoms with Crippen LogP contribution in [0.3, 0.4) is 0 Å². The SMILES string of the molecule is CNCc1ccc(-c2ccccc2Cl)o1. The lowest BCUT2D eigenvalue weighted by atomic mass is 10.2. The molecule has 1 aromatic carbocycles. The monoisotopic (exact) mass is 221 g/mol. The molecule has 0 saturated heterocycles. The van der Waals surface area contributed by atoms with Gasteiger partial charge >= 0.3 is 0 Å². The highest BCUT2D eigenvalue weighted by molar-refractivity contribution is 6.33. The first-order valence-electron chi connectivity index (χ1n) is 4.79. The molecule has 3 heteroatoms. The second-order valence-corrected chi connectivity index (χ2v) is 3.68. The molecule has 78 valence electrons. The van der Waals surface area contributed by atoms with Gasteiger partial charge in [-0.25, -0.2) is 0 Å². The smallest absolute Gasteiger partial charge is 0.135 e. The molecule has 0 spiro atoms. The molecule has 0 aliphatic carbocycles. The molecular weight excluding hydrogens is 210 g/mol. The normalized spacial score (nSPS) is 10.5. The van der Waals surface area contributed by atoms with Gasteiger partial charge in [-0.3, -0.25) is 0 Å². The van der Waals surface area contributed by atoms with Crippen molar-refractivity contribution >= 4 is 11.6 Å². The summed E-state index contributed by atoms with van der Waals surface area (Å²) in [6.45, 7) is 0.727. The number of furan rings is 1. The maximum Gasteiger partial charge on any atom is 0.135 e. The third kappa shape index (κ3) is 2.22. The van der Waals surface area contributed by atoms with E-state index in [0.717, 1.165) is 23.6 Å². The Morgan fingerprint density at radius 1 is 1.20 bits per heavy atom. The average molecular weight is 222 g/mol. The maximum atomic E-state index is 6.07. The molecule has 0 bridgehead atoms. The first-order valence-corrected chi connectivity index (χ1v) is 5.17. The minimum Gasteiger partial charge on any atom is -0.460 e. The summed E-state index contributed by atoms with van der Waals surface area (Å²) in [5.41, 5.74) is 0.932. The second-order valence-electron chi connectivity index (χ2n) is 3.28. The van der Waals surface area contributed by atoms with Crippen molar-refractivity contribution in [1.29, 1.82) is 0 Å². The highest BCUT2D eigenvalue weighted by atomic mass is 35.5. The van der Waals surface area contributed by atoms with Gasteiger partial charge in [-0.05, 0) is 31.3 Å². The molecular formula is C12H12ClNO. The molecule has 2 rings (SSSR count). The van der Waals surface area contributed by atoms with Gasteiger partial charge in [0.15, 0.2) is 0 Å². The number of nitrogens with one attached hydrogen (secondary N) is 1. The number of hydrogen-bond donors (Lipinski definition) is 1. The average Bonchev–Trinajstić information content (AvgIpc) is 2.68. The highest BCUT2D eigenvalue weighted by Crippen LogP contribution is 2.28. The largest absolute Gasteiger partial charge is 0.460 e. The molecule has 0 atom stereocenters. The van der Waals surface area contributed by atoms with Crippen molar-refractivity contribution in [2.75, 3.05) is 7.05 Å². The molecule has 15 heavy (non-hydrogen) atoms. The van der Waals surface area contributed by atoms with Crippen molar-refractivity contribution < 1.29 is 4.42 Å². The van der Waals surface area contributed by atoms with Gasteiger partial charge in [0.1, 0.15) is 11.5 Å². The van der Waals surface area contributed by atoms with Gasteiger partial charge in [0.05, 0.1) is 11.6 Å². The van der Waals surface area contributed by atoms with Crippen molar-refractivity contribution in [2.24, 2.45) is 0 Å². The van der Waals surface area contributed by atoms with E-state index in [0.29, 0.717) is 5.02 Å². The predicted molar refractivity (Wildman–Crippen MR) is 61.9 cm³/mol. The van der Waals surface area contributed by atoms with Crippen LogP contribution >= 0.6 is 11.6 Å². The Kier molecular flexibility index (Phi) is 3.09. The fourth-order valence-corrected chi connectivity index (χ4v) is 1.68. The van der Waals surface area contributed by atoms with Gasteiger partial charge in [-0.1, -0.05) is 23.7 Å². The van der Waals surface area contributed by atoms with E-state index in [-0.39, 0.29) is 0 Å². The fourth-order valence-electron chi connectivity index (χ4n) is 1.45. The summed E-state index contributed by atoms with van der Waals surface area (Å²) >= 11 is 6.07. The highest BCUT2D eigenvalue weighted by Gasteiger charge is 2.06. The number of rotatable bonds is 3. The second kappa shape index (κ2) is 4.51. The Labute approximate surface area is 93.9 Å². The van der Waals surface area contributed by atoms with Crippen LogP contribution in [0.1, 0.15) is 5.76 Å². The zero-order valence-electron chi connectivity index (χ0n) is 8.46. The lowest BCUT2D eigenvalue weighted by Crippen LogP contribution is -2.03. The van der Waals surface area contributed by atoms with Crippen LogP contribution in [0.5, 0.6) is 0 Å². The van der Waals surface area contributed by atoms with Crippen molar-refractivity contribution in [2.45, 2.75) is 6.54 Å². The molecule has 2 aromatic rings. The lowest BCUT2D eigenvalue weighted by Gasteiger charge is -1.99. The van der Waals surface area contributed by atoms with Gasteiger partial charge in [-0.15, -0.1) is 0 Å². The summed E-state index contributed by atoms with van der Waals surface area (Å²) in [5, 5.41) is 3.75. The molecule has 1 heterocycles. The molecule has 2 nitrogen and oxygen atoms in total. The molecule has 0 aliphatic rings. The molecule has 1 N–H and O–H groups in total. The van der Waals surface area contributed by atoms with Gasteiger partial charge in [0.2, 0.25) is 0 Å². The van der Waals surface area contributed by atoms with Gasteiger partial charge in [0.25, 0.3) is 0 Å². The standard InChI is InChI=1S/C12H12ClNO/c1-14-8-9-6-7-12(15-9)10-4-2-3-5-11(10)13/h2-7,14H,8H2,1H3. The van der Waals surface area contributed by atoms with Crippen molar-refractivity contribution in [3.8, 4) is 11.3 Å². The third-order valence-electron chi connectivity index (χ3n) is 2.15. The zero-order chi connectivity index (χ0) is 10.7.